The first-order valence-electron chi connectivity index (χ1n) is 8.78. The molecule has 2 saturated heterocycles. The van der Waals surface area contributed by atoms with Crippen molar-refractivity contribution >= 4 is 0 Å². The van der Waals surface area contributed by atoms with Gasteiger partial charge in [0.2, 0.25) is 0 Å². The predicted molar refractivity (Wildman–Crippen MR) is 81.4 cm³/mol. The van der Waals surface area contributed by atoms with Crippen LogP contribution in [0.2, 0.25) is 0 Å². The van der Waals surface area contributed by atoms with Crippen molar-refractivity contribution in [2.45, 2.75) is 88.8 Å². The van der Waals surface area contributed by atoms with Crippen molar-refractivity contribution in [2.24, 2.45) is 5.92 Å². The topological polar surface area (TPSA) is 15.3 Å². The summed E-state index contributed by atoms with van der Waals surface area (Å²) in [5.74, 6) is 0.974. The van der Waals surface area contributed by atoms with Gasteiger partial charge in [-0.3, -0.25) is 0 Å². The van der Waals surface area contributed by atoms with Crippen molar-refractivity contribution in [1.29, 1.82) is 0 Å². The highest BCUT2D eigenvalue weighted by Gasteiger charge is 2.35. The lowest BCUT2D eigenvalue weighted by Gasteiger charge is -2.47. The third-order valence-electron chi connectivity index (χ3n) is 6.01. The summed E-state index contributed by atoms with van der Waals surface area (Å²) in [4.78, 5) is 2.67. The van der Waals surface area contributed by atoms with Crippen LogP contribution in [0.1, 0.15) is 70.6 Å². The molecule has 0 spiro atoms. The standard InChI is InChI=1S/C17H32N2/c1-19-16-9-6-10-17(19)12-15(11-16)18-13-14-7-4-2-3-5-8-14/h14-18H,2-13H2,1H3. The van der Waals surface area contributed by atoms with Crippen LogP contribution in [0.4, 0.5) is 0 Å². The molecular formula is C17H32N2. The summed E-state index contributed by atoms with van der Waals surface area (Å²) in [5.41, 5.74) is 0. The van der Waals surface area contributed by atoms with E-state index >= 15 is 0 Å². The molecule has 3 aliphatic rings. The fourth-order valence-corrected chi connectivity index (χ4v) is 4.68. The van der Waals surface area contributed by atoms with Crippen LogP contribution in [0, 0.1) is 5.92 Å². The van der Waals surface area contributed by atoms with E-state index in [-0.39, 0.29) is 0 Å². The van der Waals surface area contributed by atoms with Crippen LogP contribution in [0.5, 0.6) is 0 Å². The minimum absolute atomic E-state index is 0.815. The lowest BCUT2D eigenvalue weighted by atomic mass is 9.82. The highest BCUT2D eigenvalue weighted by molar-refractivity contribution is 4.93. The molecule has 0 aromatic carbocycles. The molecule has 110 valence electrons. The molecule has 2 heteroatoms. The summed E-state index contributed by atoms with van der Waals surface area (Å²) in [7, 11) is 2.36. The van der Waals surface area contributed by atoms with Gasteiger partial charge in [-0.25, -0.2) is 0 Å². The lowest BCUT2D eigenvalue weighted by Crippen LogP contribution is -2.54. The van der Waals surface area contributed by atoms with Gasteiger partial charge in [0.1, 0.15) is 0 Å². The Morgan fingerprint density at radius 1 is 0.842 bits per heavy atom. The smallest absolute Gasteiger partial charge is 0.0110 e. The molecule has 2 nitrogen and oxygen atoms in total. The third-order valence-corrected chi connectivity index (χ3v) is 6.01. The molecule has 2 heterocycles. The molecule has 2 atom stereocenters. The molecule has 1 N–H and O–H groups in total. The minimum atomic E-state index is 0.815. The van der Waals surface area contributed by atoms with Gasteiger partial charge in [0.25, 0.3) is 0 Å². The second kappa shape index (κ2) is 6.58. The van der Waals surface area contributed by atoms with Crippen molar-refractivity contribution in [3.63, 3.8) is 0 Å². The Morgan fingerprint density at radius 3 is 2.11 bits per heavy atom. The molecule has 2 unspecified atom stereocenters. The minimum Gasteiger partial charge on any atom is -0.314 e. The number of hydrogen-bond donors (Lipinski definition) is 1. The van der Waals surface area contributed by atoms with E-state index in [9.17, 15) is 0 Å². The molecule has 1 aliphatic carbocycles. The molecule has 3 rings (SSSR count). The maximum atomic E-state index is 3.94. The Kier molecular flexibility index (Phi) is 4.81. The van der Waals surface area contributed by atoms with E-state index in [2.05, 4.69) is 17.3 Å². The van der Waals surface area contributed by atoms with Crippen LogP contribution in [-0.4, -0.2) is 36.6 Å². The number of hydrogen-bond acceptors (Lipinski definition) is 2. The van der Waals surface area contributed by atoms with Gasteiger partial charge in [0, 0.05) is 18.1 Å². The van der Waals surface area contributed by atoms with Crippen LogP contribution in [0.15, 0.2) is 0 Å². The third kappa shape index (κ3) is 3.52. The van der Waals surface area contributed by atoms with Crippen molar-refractivity contribution in [2.75, 3.05) is 13.6 Å². The van der Waals surface area contributed by atoms with E-state index in [1.807, 2.05) is 0 Å². The summed E-state index contributed by atoms with van der Waals surface area (Å²) in [6.07, 6.45) is 16.0. The van der Waals surface area contributed by atoms with Crippen molar-refractivity contribution in [1.82, 2.24) is 10.2 Å². The van der Waals surface area contributed by atoms with Gasteiger partial charge in [-0.2, -0.15) is 0 Å². The first-order chi connectivity index (χ1) is 9.33. The normalized spacial score (nSPS) is 38.1. The molecule has 0 aromatic rings. The summed E-state index contributed by atoms with van der Waals surface area (Å²) < 4.78 is 0. The molecule has 2 bridgehead atoms. The molecule has 19 heavy (non-hydrogen) atoms. The van der Waals surface area contributed by atoms with E-state index in [0.29, 0.717) is 0 Å². The Labute approximate surface area is 119 Å². The number of nitrogens with one attached hydrogen (secondary N) is 1. The fourth-order valence-electron chi connectivity index (χ4n) is 4.68. The molecule has 0 radical (unpaired) electrons. The van der Waals surface area contributed by atoms with Gasteiger partial charge < -0.3 is 10.2 Å². The van der Waals surface area contributed by atoms with Crippen LogP contribution < -0.4 is 5.32 Å². The number of nitrogens with zero attached hydrogens (tertiary/aromatic N) is 1. The van der Waals surface area contributed by atoms with E-state index in [1.54, 1.807) is 0 Å². The van der Waals surface area contributed by atoms with Crippen LogP contribution >= 0.6 is 0 Å². The van der Waals surface area contributed by atoms with Crippen LogP contribution in [0.3, 0.4) is 0 Å². The fraction of sp³-hybridized carbons (Fsp3) is 1.00. The first-order valence-corrected chi connectivity index (χ1v) is 8.78. The van der Waals surface area contributed by atoms with Gasteiger partial charge in [-0.05, 0) is 58.0 Å². The van der Waals surface area contributed by atoms with Gasteiger partial charge in [-0.1, -0.05) is 32.1 Å². The summed E-state index contributed by atoms with van der Waals surface area (Å²) in [6, 6.07) is 2.56. The number of rotatable bonds is 3. The second-order valence-electron chi connectivity index (χ2n) is 7.34. The Balaban J connectivity index is 1.45. The quantitative estimate of drug-likeness (QED) is 0.784. The molecular weight excluding hydrogens is 232 g/mol. The van der Waals surface area contributed by atoms with Crippen LogP contribution in [0.25, 0.3) is 0 Å². The zero-order valence-corrected chi connectivity index (χ0v) is 12.7. The monoisotopic (exact) mass is 264 g/mol. The summed E-state index contributed by atoms with van der Waals surface area (Å²) in [5, 5.41) is 3.94. The highest BCUT2D eigenvalue weighted by Crippen LogP contribution is 2.33. The Bertz CT molecular complexity index is 256. The maximum absolute atomic E-state index is 3.94. The number of piperidine rings is 2. The largest absolute Gasteiger partial charge is 0.314 e. The highest BCUT2D eigenvalue weighted by atomic mass is 15.2. The van der Waals surface area contributed by atoms with Crippen molar-refractivity contribution < 1.29 is 0 Å². The average Bonchev–Trinajstić information content (AvgIpc) is 2.65. The first kappa shape index (κ1) is 13.9. The Morgan fingerprint density at radius 2 is 1.47 bits per heavy atom. The number of fused-ring (bicyclic) bond motifs is 2. The molecule has 0 aromatic heterocycles. The SMILES string of the molecule is CN1C2CCCC1CC(NCC1CCCCCC1)C2. The van der Waals surface area contributed by atoms with E-state index in [0.717, 1.165) is 24.0 Å². The second-order valence-corrected chi connectivity index (χ2v) is 7.34. The lowest BCUT2D eigenvalue weighted by molar-refractivity contribution is 0.0475. The predicted octanol–water partition coefficient (Wildman–Crippen LogP) is 3.56. The van der Waals surface area contributed by atoms with Crippen molar-refractivity contribution in [3.8, 4) is 0 Å². The maximum Gasteiger partial charge on any atom is 0.0110 e. The molecule has 3 fully saturated rings. The Hall–Kier alpha value is -0.0800. The van der Waals surface area contributed by atoms with E-state index in [1.165, 1.54) is 77.2 Å². The average molecular weight is 264 g/mol. The van der Waals surface area contributed by atoms with E-state index < -0.39 is 0 Å². The van der Waals surface area contributed by atoms with Crippen molar-refractivity contribution in [3.05, 3.63) is 0 Å². The van der Waals surface area contributed by atoms with Gasteiger partial charge >= 0.3 is 0 Å². The molecule has 0 amide bonds. The van der Waals surface area contributed by atoms with Gasteiger partial charge in [-0.15, -0.1) is 0 Å². The molecule has 2 aliphatic heterocycles. The molecule has 1 saturated carbocycles. The van der Waals surface area contributed by atoms with Gasteiger partial charge in [0.15, 0.2) is 0 Å². The summed E-state index contributed by atoms with van der Waals surface area (Å²) >= 11 is 0. The van der Waals surface area contributed by atoms with E-state index in [4.69, 9.17) is 0 Å². The van der Waals surface area contributed by atoms with Crippen LogP contribution in [-0.2, 0) is 0 Å². The zero-order chi connectivity index (χ0) is 13.1. The van der Waals surface area contributed by atoms with Gasteiger partial charge in [0.05, 0.1) is 0 Å². The summed E-state index contributed by atoms with van der Waals surface area (Å²) in [6.45, 7) is 1.30. The zero-order valence-electron chi connectivity index (χ0n) is 12.7.